The van der Waals surface area contributed by atoms with Gasteiger partial charge in [0.25, 0.3) is 6.20 Å². The first-order valence-corrected chi connectivity index (χ1v) is 12.1. The first-order valence-electron chi connectivity index (χ1n) is 11.1. The number of amides is 1. The average molecular weight is 503 g/mol. The summed E-state index contributed by atoms with van der Waals surface area (Å²) in [5, 5.41) is 17.0. The highest BCUT2D eigenvalue weighted by Gasteiger charge is 2.20. The Morgan fingerprint density at radius 2 is 1.94 bits per heavy atom. The number of anilines is 1. The van der Waals surface area contributed by atoms with E-state index in [1.165, 1.54) is 11.8 Å². The third kappa shape index (κ3) is 5.47. The lowest BCUT2D eigenvalue weighted by molar-refractivity contribution is -0.759. The van der Waals surface area contributed by atoms with Gasteiger partial charge >= 0.3 is 5.88 Å². The Balaban J connectivity index is 1.74. The number of nitrogens with one attached hydrogen (secondary N) is 1. The average Bonchev–Trinajstić information content (AvgIpc) is 3.38. The van der Waals surface area contributed by atoms with Crippen molar-refractivity contribution in [1.29, 1.82) is 5.26 Å². The fraction of sp³-hybridized carbons (Fsp3) is 0.192. The van der Waals surface area contributed by atoms with Crippen LogP contribution in [0.25, 0.3) is 22.4 Å². The van der Waals surface area contributed by atoms with Gasteiger partial charge in [0.1, 0.15) is 22.6 Å². The molecular formula is C26H24N5O4S+. The summed E-state index contributed by atoms with van der Waals surface area (Å²) in [5.74, 6) is 1.16. The zero-order valence-corrected chi connectivity index (χ0v) is 20.8. The predicted molar refractivity (Wildman–Crippen MR) is 135 cm³/mol. The van der Waals surface area contributed by atoms with Crippen molar-refractivity contribution in [3.05, 3.63) is 66.4 Å². The third-order valence-corrected chi connectivity index (χ3v) is 6.28. The zero-order valence-electron chi connectivity index (χ0n) is 20.0. The molecule has 4 aromatic rings. The Morgan fingerprint density at radius 3 is 2.61 bits per heavy atom. The standard InChI is InChI=1S/C26H23N5O4S/c1-4-31-15-25(35-30-31)29-24(32)16-36-26-21(14-27)19(13-22(28-26)17-8-6-5-7-9-17)20-12-18(33-2)10-11-23(20)34-3/h5-13,15H,4,16H2,1-3H3/p+1. The molecule has 1 N–H and O–H groups in total. The van der Waals surface area contributed by atoms with Crippen LogP contribution in [0.1, 0.15) is 12.5 Å². The van der Waals surface area contributed by atoms with E-state index in [0.29, 0.717) is 45.5 Å². The number of aryl methyl sites for hydroxylation is 1. The molecule has 36 heavy (non-hydrogen) atoms. The number of methoxy groups -OCH3 is 2. The first kappa shape index (κ1) is 24.8. The minimum absolute atomic E-state index is 0.0153. The Kier molecular flexibility index (Phi) is 7.82. The van der Waals surface area contributed by atoms with Gasteiger partial charge in [-0.2, -0.15) is 5.26 Å². The fourth-order valence-electron chi connectivity index (χ4n) is 3.52. The van der Waals surface area contributed by atoms with Crippen molar-refractivity contribution in [2.75, 3.05) is 25.3 Å². The maximum atomic E-state index is 12.6. The van der Waals surface area contributed by atoms with Gasteiger partial charge in [-0.25, -0.2) is 4.98 Å². The number of thioether (sulfide) groups is 1. The van der Waals surface area contributed by atoms with E-state index in [0.717, 1.165) is 5.56 Å². The lowest BCUT2D eigenvalue weighted by Crippen LogP contribution is -2.32. The molecule has 0 atom stereocenters. The van der Waals surface area contributed by atoms with Crippen LogP contribution in [0.5, 0.6) is 11.5 Å². The summed E-state index contributed by atoms with van der Waals surface area (Å²) in [4.78, 5) is 17.3. The molecule has 2 heterocycles. The molecule has 0 aliphatic heterocycles. The van der Waals surface area contributed by atoms with E-state index in [2.05, 4.69) is 16.7 Å². The fourth-order valence-corrected chi connectivity index (χ4v) is 4.32. The SMILES string of the molecule is CC[n+]1cc(NC(=O)CSc2nc(-c3ccccc3)cc(-c3cc(OC)ccc3OC)c2C#N)on1. The van der Waals surface area contributed by atoms with Crippen molar-refractivity contribution in [1.82, 2.24) is 10.3 Å². The number of pyridine rings is 1. The lowest BCUT2D eigenvalue weighted by Gasteiger charge is -2.15. The highest BCUT2D eigenvalue weighted by Crippen LogP contribution is 2.39. The smallest absolute Gasteiger partial charge is 0.302 e. The van der Waals surface area contributed by atoms with E-state index in [-0.39, 0.29) is 17.5 Å². The Morgan fingerprint density at radius 1 is 1.14 bits per heavy atom. The van der Waals surface area contributed by atoms with Gasteiger partial charge in [0.15, 0.2) is 6.54 Å². The molecule has 0 saturated carbocycles. The number of nitriles is 1. The second kappa shape index (κ2) is 11.4. The molecule has 0 radical (unpaired) electrons. The van der Waals surface area contributed by atoms with Crippen LogP contribution in [0.3, 0.4) is 0 Å². The number of carbonyl (C=O) groups excluding carboxylic acids is 1. The van der Waals surface area contributed by atoms with Gasteiger partial charge in [-0.1, -0.05) is 46.8 Å². The highest BCUT2D eigenvalue weighted by atomic mass is 32.2. The van der Waals surface area contributed by atoms with Gasteiger partial charge in [-0.05, 0) is 31.2 Å². The van der Waals surface area contributed by atoms with Gasteiger partial charge in [0.05, 0.1) is 31.2 Å². The molecule has 2 aromatic carbocycles. The Bertz CT molecular complexity index is 1420. The van der Waals surface area contributed by atoms with Crippen molar-refractivity contribution in [3.8, 4) is 40.0 Å². The predicted octanol–water partition coefficient (Wildman–Crippen LogP) is 4.33. The molecule has 0 fully saturated rings. The minimum Gasteiger partial charge on any atom is -0.497 e. The number of rotatable bonds is 9. The number of benzene rings is 2. The highest BCUT2D eigenvalue weighted by molar-refractivity contribution is 8.00. The van der Waals surface area contributed by atoms with Crippen LogP contribution >= 0.6 is 11.8 Å². The molecule has 0 aliphatic rings. The van der Waals surface area contributed by atoms with Crippen molar-refractivity contribution >= 4 is 23.6 Å². The van der Waals surface area contributed by atoms with Gasteiger partial charge in [0.2, 0.25) is 11.2 Å². The zero-order chi connectivity index (χ0) is 25.5. The first-order chi connectivity index (χ1) is 17.6. The van der Waals surface area contributed by atoms with Crippen molar-refractivity contribution in [2.24, 2.45) is 0 Å². The number of ether oxygens (including phenoxy) is 2. The molecule has 182 valence electrons. The van der Waals surface area contributed by atoms with Gasteiger partial charge in [0, 0.05) is 16.7 Å². The number of nitrogens with zero attached hydrogens (tertiary/aromatic N) is 4. The quantitative estimate of drug-likeness (QED) is 0.266. The van der Waals surface area contributed by atoms with E-state index >= 15 is 0 Å². The minimum atomic E-state index is -0.310. The molecule has 0 aliphatic carbocycles. The molecular weight excluding hydrogens is 478 g/mol. The van der Waals surface area contributed by atoms with E-state index in [9.17, 15) is 10.1 Å². The summed E-state index contributed by atoms with van der Waals surface area (Å²) in [6, 6.07) is 19.2. The van der Waals surface area contributed by atoms with Crippen LogP contribution in [0.15, 0.2) is 70.3 Å². The van der Waals surface area contributed by atoms with E-state index in [4.69, 9.17) is 19.0 Å². The summed E-state index contributed by atoms with van der Waals surface area (Å²) in [6.07, 6.45) is 1.60. The van der Waals surface area contributed by atoms with Gasteiger partial charge < -0.3 is 9.47 Å². The van der Waals surface area contributed by atoms with Gasteiger partial charge in [-0.3, -0.25) is 14.6 Å². The third-order valence-electron chi connectivity index (χ3n) is 5.30. The van der Waals surface area contributed by atoms with Crippen molar-refractivity contribution < 1.29 is 23.5 Å². The summed E-state index contributed by atoms with van der Waals surface area (Å²) in [7, 11) is 3.15. The number of carbonyl (C=O) groups is 1. The Labute approximate surface area is 212 Å². The second-order valence-corrected chi connectivity index (χ2v) is 8.50. The van der Waals surface area contributed by atoms with Crippen LogP contribution in [0.4, 0.5) is 5.88 Å². The largest absolute Gasteiger partial charge is 0.497 e. The molecule has 10 heteroatoms. The summed E-state index contributed by atoms with van der Waals surface area (Å²) in [5.41, 5.74) is 3.19. The van der Waals surface area contributed by atoms with Gasteiger partial charge in [-0.15, -0.1) is 0 Å². The maximum Gasteiger partial charge on any atom is 0.302 e. The van der Waals surface area contributed by atoms with E-state index < -0.39 is 0 Å². The van der Waals surface area contributed by atoms with Crippen LogP contribution in [-0.2, 0) is 11.3 Å². The maximum absolute atomic E-state index is 12.6. The van der Waals surface area contributed by atoms with Crippen LogP contribution in [0.2, 0.25) is 0 Å². The number of aromatic nitrogens is 3. The van der Waals surface area contributed by atoms with Crippen LogP contribution in [-0.4, -0.2) is 36.1 Å². The number of hydrogen-bond donors (Lipinski definition) is 1. The molecule has 0 bridgehead atoms. The molecule has 0 unspecified atom stereocenters. The Hall–Kier alpha value is -4.36. The van der Waals surface area contributed by atoms with Crippen LogP contribution < -0.4 is 19.5 Å². The normalized spacial score (nSPS) is 10.5. The number of hydrogen-bond acceptors (Lipinski definition) is 8. The van der Waals surface area contributed by atoms with Crippen molar-refractivity contribution in [3.63, 3.8) is 0 Å². The topological polar surface area (TPSA) is 114 Å². The molecule has 4 rings (SSSR count). The van der Waals surface area contributed by atoms with Crippen molar-refractivity contribution in [2.45, 2.75) is 18.5 Å². The molecule has 0 spiro atoms. The molecule has 1 amide bonds. The monoisotopic (exact) mass is 502 g/mol. The summed E-state index contributed by atoms with van der Waals surface area (Å²) < 4.78 is 17.7. The van der Waals surface area contributed by atoms with E-state index in [1.54, 1.807) is 37.2 Å². The lowest BCUT2D eigenvalue weighted by atomic mass is 9.98. The molecule has 9 nitrogen and oxygen atoms in total. The molecule has 0 saturated heterocycles. The van der Waals surface area contributed by atoms with E-state index in [1.807, 2.05) is 49.4 Å². The summed E-state index contributed by atoms with van der Waals surface area (Å²) >= 11 is 1.17. The summed E-state index contributed by atoms with van der Waals surface area (Å²) in [6.45, 7) is 2.53. The molecule has 2 aromatic heterocycles. The van der Waals surface area contributed by atoms with Crippen LogP contribution in [0, 0.1) is 11.3 Å². The second-order valence-electron chi connectivity index (χ2n) is 7.54.